The monoisotopic (exact) mass is 399 g/mol. The second-order valence-electron chi connectivity index (χ2n) is 5.33. The second-order valence-corrected chi connectivity index (χ2v) is 7.13. The van der Waals surface area contributed by atoms with Crippen molar-refractivity contribution in [3.63, 3.8) is 0 Å². The first-order valence-electron chi connectivity index (χ1n) is 7.45. The normalized spacial score (nSPS) is 12.0. The number of allylic oxidation sites excluding steroid dienone is 1. The molecule has 0 fully saturated rings. The van der Waals surface area contributed by atoms with Crippen LogP contribution in [0.2, 0.25) is 0 Å². The summed E-state index contributed by atoms with van der Waals surface area (Å²) in [5, 5.41) is 0. The van der Waals surface area contributed by atoms with Gasteiger partial charge in [-0.25, -0.2) is 21.6 Å². The number of sulfonamides is 1. The lowest BCUT2D eigenvalue weighted by atomic mass is 10.2. The summed E-state index contributed by atoms with van der Waals surface area (Å²) in [7, 11) is -4.61. The summed E-state index contributed by atoms with van der Waals surface area (Å²) in [5.41, 5.74) is 0.211. The van der Waals surface area contributed by atoms with E-state index >= 15 is 0 Å². The maximum Gasteiger partial charge on any atom is 0.268 e. The predicted octanol–water partition coefficient (Wildman–Crippen LogP) is 3.87. The fourth-order valence-corrected chi connectivity index (χ4v) is 2.75. The SMILES string of the molecule is O=C(C=Cc1ccc(F)cc1F)CS(=O)(=O)N(F)C=Cc1ccc(F)cc1. The van der Waals surface area contributed by atoms with Gasteiger partial charge in [-0.15, -0.1) is 4.53 Å². The Morgan fingerprint density at radius 2 is 1.59 bits per heavy atom. The number of nitrogens with zero attached hydrogens (tertiary/aromatic N) is 1. The molecule has 0 aromatic heterocycles. The molecule has 0 aliphatic carbocycles. The van der Waals surface area contributed by atoms with Gasteiger partial charge < -0.3 is 0 Å². The maximum absolute atomic E-state index is 13.8. The zero-order valence-electron chi connectivity index (χ0n) is 13.7. The molecule has 0 aliphatic heterocycles. The van der Waals surface area contributed by atoms with Gasteiger partial charge in [-0.05, 0) is 48.1 Å². The molecule has 2 aromatic carbocycles. The molecule has 142 valence electrons. The van der Waals surface area contributed by atoms with Crippen LogP contribution in [0.5, 0.6) is 0 Å². The highest BCUT2D eigenvalue weighted by Crippen LogP contribution is 2.12. The smallest absolute Gasteiger partial charge is 0.268 e. The third-order valence-corrected chi connectivity index (χ3v) is 4.56. The number of hydrogen-bond donors (Lipinski definition) is 0. The summed E-state index contributed by atoms with van der Waals surface area (Å²) < 4.78 is 75.7. The minimum atomic E-state index is -4.61. The van der Waals surface area contributed by atoms with Gasteiger partial charge in [-0.2, -0.15) is 0 Å². The van der Waals surface area contributed by atoms with E-state index in [0.29, 0.717) is 17.8 Å². The Morgan fingerprint density at radius 1 is 0.963 bits per heavy atom. The molecule has 0 saturated carbocycles. The molecular weight excluding hydrogens is 386 g/mol. The molecule has 0 bridgehead atoms. The molecule has 0 spiro atoms. The summed E-state index contributed by atoms with van der Waals surface area (Å²) in [6.07, 6.45) is 3.36. The molecule has 27 heavy (non-hydrogen) atoms. The molecule has 0 aliphatic rings. The zero-order chi connectivity index (χ0) is 20.0. The largest absolute Gasteiger partial charge is 0.294 e. The van der Waals surface area contributed by atoms with E-state index in [9.17, 15) is 30.9 Å². The van der Waals surface area contributed by atoms with Crippen molar-refractivity contribution in [2.75, 3.05) is 5.75 Å². The fourth-order valence-electron chi connectivity index (χ4n) is 1.92. The quantitative estimate of drug-likeness (QED) is 0.404. The van der Waals surface area contributed by atoms with E-state index in [4.69, 9.17) is 0 Å². The Bertz CT molecular complexity index is 986. The lowest BCUT2D eigenvalue weighted by molar-refractivity contribution is -0.112. The van der Waals surface area contributed by atoms with Crippen molar-refractivity contribution in [1.29, 1.82) is 0 Å². The van der Waals surface area contributed by atoms with Crippen molar-refractivity contribution in [3.8, 4) is 0 Å². The molecule has 0 amide bonds. The van der Waals surface area contributed by atoms with Crippen molar-refractivity contribution >= 4 is 28.0 Å². The average molecular weight is 399 g/mol. The van der Waals surface area contributed by atoms with Gasteiger partial charge >= 0.3 is 0 Å². The van der Waals surface area contributed by atoms with Gasteiger partial charge in [0.25, 0.3) is 10.0 Å². The van der Waals surface area contributed by atoms with Crippen molar-refractivity contribution in [3.05, 3.63) is 83.3 Å². The molecule has 0 N–H and O–H groups in total. The summed E-state index contributed by atoms with van der Waals surface area (Å²) in [5.74, 6) is -4.45. The van der Waals surface area contributed by atoms with Crippen LogP contribution in [-0.4, -0.2) is 24.5 Å². The second kappa shape index (κ2) is 8.63. The van der Waals surface area contributed by atoms with Gasteiger partial charge in [0.1, 0.15) is 23.2 Å². The Labute approximate surface area is 153 Å². The van der Waals surface area contributed by atoms with E-state index in [1.165, 1.54) is 12.1 Å². The lowest BCUT2D eigenvalue weighted by Crippen LogP contribution is -2.24. The maximum atomic E-state index is 13.8. The number of rotatable bonds is 7. The summed E-state index contributed by atoms with van der Waals surface area (Å²) >= 11 is 0. The molecular formula is C18H13F4NO3S. The van der Waals surface area contributed by atoms with Crippen LogP contribution in [0, 0.1) is 17.5 Å². The average Bonchev–Trinajstić information content (AvgIpc) is 2.59. The molecule has 0 radical (unpaired) electrons. The van der Waals surface area contributed by atoms with Crippen molar-refractivity contribution in [2.24, 2.45) is 0 Å². The van der Waals surface area contributed by atoms with Gasteiger partial charge in [0.05, 0.1) is 6.20 Å². The zero-order valence-corrected chi connectivity index (χ0v) is 14.5. The van der Waals surface area contributed by atoms with E-state index in [2.05, 4.69) is 0 Å². The number of benzene rings is 2. The standard InChI is InChI=1S/C18H13F4NO3S/c19-15-5-1-13(2-6-15)9-10-23(22)27(25,26)12-17(24)8-4-14-3-7-16(20)11-18(14)21/h1-11H,12H2. The predicted molar refractivity (Wildman–Crippen MR) is 92.6 cm³/mol. The molecule has 2 rings (SSSR count). The molecule has 0 atom stereocenters. The number of carbonyl (C=O) groups is 1. The first kappa shape index (κ1) is 20.4. The van der Waals surface area contributed by atoms with E-state index in [1.807, 2.05) is 0 Å². The molecule has 0 saturated heterocycles. The van der Waals surface area contributed by atoms with Crippen LogP contribution in [0.15, 0.2) is 54.7 Å². The Hall–Kier alpha value is -2.94. The third kappa shape index (κ3) is 6.07. The number of hydrogen-bond acceptors (Lipinski definition) is 3. The van der Waals surface area contributed by atoms with Gasteiger partial charge in [-0.3, -0.25) is 4.79 Å². The Morgan fingerprint density at radius 3 is 2.22 bits per heavy atom. The topological polar surface area (TPSA) is 54.5 Å². The van der Waals surface area contributed by atoms with Gasteiger partial charge in [0.2, 0.25) is 0 Å². The number of carbonyl (C=O) groups excluding carboxylic acids is 1. The molecule has 2 aromatic rings. The molecule has 0 unspecified atom stereocenters. The van der Waals surface area contributed by atoms with Crippen LogP contribution >= 0.6 is 0 Å². The number of halogens is 4. The van der Waals surface area contributed by atoms with Crippen LogP contribution in [0.4, 0.5) is 17.7 Å². The minimum absolute atomic E-state index is 0.129. The highest BCUT2D eigenvalue weighted by molar-refractivity contribution is 7.89. The first-order valence-corrected chi connectivity index (χ1v) is 9.06. The summed E-state index contributed by atoms with van der Waals surface area (Å²) in [6, 6.07) is 7.46. The highest BCUT2D eigenvalue weighted by Gasteiger charge is 2.21. The Kier molecular flexibility index (Phi) is 6.51. The highest BCUT2D eigenvalue weighted by atomic mass is 32.2. The van der Waals surface area contributed by atoms with Gasteiger partial charge in [0.15, 0.2) is 5.78 Å². The van der Waals surface area contributed by atoms with Crippen LogP contribution in [0.25, 0.3) is 12.2 Å². The lowest BCUT2D eigenvalue weighted by Gasteiger charge is -2.08. The van der Waals surface area contributed by atoms with Crippen molar-refractivity contribution < 1.29 is 30.9 Å². The summed E-state index contributed by atoms with van der Waals surface area (Å²) in [4.78, 5) is 11.7. The number of ketones is 1. The van der Waals surface area contributed by atoms with Crippen LogP contribution in [0.1, 0.15) is 11.1 Å². The van der Waals surface area contributed by atoms with Gasteiger partial charge in [0, 0.05) is 11.6 Å². The van der Waals surface area contributed by atoms with Crippen molar-refractivity contribution in [1.82, 2.24) is 4.53 Å². The molecule has 4 nitrogen and oxygen atoms in total. The van der Waals surface area contributed by atoms with E-state index in [1.54, 1.807) is 0 Å². The first-order chi connectivity index (χ1) is 12.7. The fraction of sp³-hybridized carbons (Fsp3) is 0.0556. The Balaban J connectivity index is 2.02. The van der Waals surface area contributed by atoms with Crippen LogP contribution in [0.3, 0.4) is 0 Å². The summed E-state index contributed by atoms with van der Waals surface area (Å²) in [6.45, 7) is 0. The minimum Gasteiger partial charge on any atom is -0.294 e. The molecule has 9 heteroatoms. The van der Waals surface area contributed by atoms with Crippen molar-refractivity contribution in [2.45, 2.75) is 0 Å². The van der Waals surface area contributed by atoms with E-state index in [0.717, 1.165) is 42.5 Å². The van der Waals surface area contributed by atoms with Crippen LogP contribution < -0.4 is 0 Å². The van der Waals surface area contributed by atoms with Crippen LogP contribution in [-0.2, 0) is 14.8 Å². The van der Waals surface area contributed by atoms with E-state index in [-0.39, 0.29) is 5.56 Å². The van der Waals surface area contributed by atoms with E-state index < -0.39 is 43.5 Å². The van der Waals surface area contributed by atoms with Gasteiger partial charge in [-0.1, -0.05) is 16.6 Å². The third-order valence-electron chi connectivity index (χ3n) is 3.26. The molecule has 0 heterocycles.